The Bertz CT molecular complexity index is 901. The number of hydrogen-bond acceptors (Lipinski definition) is 4. The maximum absolute atomic E-state index is 11.0. The molecule has 0 saturated carbocycles. The van der Waals surface area contributed by atoms with Gasteiger partial charge >= 0.3 is 5.97 Å². The standard InChI is InChI=1S/C12H13ClO3.C10H10BrNO2/c1-2-7-16-11-5-3-9(8-10(11)13)4-6-12(14)15;1-2-5-14-9-4-3-7(11)6-8(9)10(12)13/h2-3,5,8H,1,4,6-7H2,(H,14,15);2-4,6H,1,5H2,(H2,12,13). The summed E-state index contributed by atoms with van der Waals surface area (Å²) in [5.41, 5.74) is 6.44. The van der Waals surface area contributed by atoms with E-state index in [1.165, 1.54) is 0 Å². The minimum atomic E-state index is -0.817. The van der Waals surface area contributed by atoms with Crippen LogP contribution in [-0.2, 0) is 11.2 Å². The van der Waals surface area contributed by atoms with Gasteiger partial charge in [0.1, 0.15) is 24.7 Å². The lowest BCUT2D eigenvalue weighted by Gasteiger charge is -2.07. The molecular formula is C22H23BrClNO5. The van der Waals surface area contributed by atoms with Crippen LogP contribution in [0.4, 0.5) is 0 Å². The number of nitrogens with two attached hydrogens (primary N) is 1. The van der Waals surface area contributed by atoms with Gasteiger partial charge in [0.25, 0.3) is 5.91 Å². The van der Waals surface area contributed by atoms with Crippen LogP contribution < -0.4 is 15.2 Å². The van der Waals surface area contributed by atoms with Gasteiger partial charge in [-0.25, -0.2) is 0 Å². The number of halogens is 2. The molecule has 0 atom stereocenters. The van der Waals surface area contributed by atoms with Gasteiger partial charge in [-0.3, -0.25) is 9.59 Å². The largest absolute Gasteiger partial charge is 0.489 e. The van der Waals surface area contributed by atoms with E-state index in [-0.39, 0.29) is 6.42 Å². The molecule has 6 nitrogen and oxygen atoms in total. The molecule has 0 unspecified atom stereocenters. The van der Waals surface area contributed by atoms with Crippen molar-refractivity contribution in [2.75, 3.05) is 13.2 Å². The van der Waals surface area contributed by atoms with Crippen molar-refractivity contribution in [3.05, 3.63) is 82.3 Å². The molecule has 160 valence electrons. The highest BCUT2D eigenvalue weighted by molar-refractivity contribution is 9.10. The predicted octanol–water partition coefficient (Wildman–Crippen LogP) is 5.03. The van der Waals surface area contributed by atoms with Gasteiger partial charge in [-0.15, -0.1) is 0 Å². The normalized spacial score (nSPS) is 9.67. The molecule has 30 heavy (non-hydrogen) atoms. The predicted molar refractivity (Wildman–Crippen MR) is 121 cm³/mol. The lowest BCUT2D eigenvalue weighted by molar-refractivity contribution is -0.136. The van der Waals surface area contributed by atoms with Crippen LogP contribution in [0.3, 0.4) is 0 Å². The Morgan fingerprint density at radius 2 is 1.67 bits per heavy atom. The summed E-state index contributed by atoms with van der Waals surface area (Å²) in [6, 6.07) is 10.4. The lowest BCUT2D eigenvalue weighted by Crippen LogP contribution is -2.13. The summed E-state index contributed by atoms with van der Waals surface area (Å²) >= 11 is 9.22. The number of aliphatic carboxylic acids is 1. The van der Waals surface area contributed by atoms with Crippen molar-refractivity contribution in [1.82, 2.24) is 0 Å². The van der Waals surface area contributed by atoms with Crippen LogP contribution in [0.5, 0.6) is 11.5 Å². The molecular weight excluding hydrogens is 474 g/mol. The molecule has 0 fully saturated rings. The fourth-order valence-corrected chi connectivity index (χ4v) is 2.80. The molecule has 0 spiro atoms. The van der Waals surface area contributed by atoms with Crippen molar-refractivity contribution in [1.29, 1.82) is 0 Å². The lowest BCUT2D eigenvalue weighted by atomic mass is 10.1. The van der Waals surface area contributed by atoms with Gasteiger partial charge < -0.3 is 20.3 Å². The minimum absolute atomic E-state index is 0.100. The molecule has 2 rings (SSSR count). The van der Waals surface area contributed by atoms with Crippen LogP contribution in [0.25, 0.3) is 0 Å². The molecule has 0 bridgehead atoms. The van der Waals surface area contributed by atoms with Gasteiger partial charge in [0.2, 0.25) is 0 Å². The highest BCUT2D eigenvalue weighted by Crippen LogP contribution is 2.26. The zero-order chi connectivity index (χ0) is 22.5. The second kappa shape index (κ2) is 13.5. The third kappa shape index (κ3) is 9.15. The molecule has 1 amide bonds. The highest BCUT2D eigenvalue weighted by atomic mass is 79.9. The molecule has 2 aromatic carbocycles. The van der Waals surface area contributed by atoms with E-state index in [9.17, 15) is 9.59 Å². The highest BCUT2D eigenvalue weighted by Gasteiger charge is 2.09. The molecule has 0 heterocycles. The Morgan fingerprint density at radius 3 is 2.20 bits per heavy atom. The third-order valence-corrected chi connectivity index (χ3v) is 4.33. The molecule has 2 aromatic rings. The maximum atomic E-state index is 11.0. The zero-order valence-corrected chi connectivity index (χ0v) is 18.6. The first-order valence-corrected chi connectivity index (χ1v) is 10.0. The van der Waals surface area contributed by atoms with Crippen LogP contribution in [0.1, 0.15) is 22.3 Å². The van der Waals surface area contributed by atoms with Crippen molar-refractivity contribution in [3.8, 4) is 11.5 Å². The molecule has 3 N–H and O–H groups in total. The van der Waals surface area contributed by atoms with Crippen molar-refractivity contribution < 1.29 is 24.2 Å². The van der Waals surface area contributed by atoms with E-state index in [0.29, 0.717) is 41.7 Å². The molecule has 0 aliphatic carbocycles. The average Bonchev–Trinajstić information content (AvgIpc) is 2.71. The van der Waals surface area contributed by atoms with E-state index in [1.807, 2.05) is 6.07 Å². The van der Waals surface area contributed by atoms with E-state index >= 15 is 0 Å². The van der Waals surface area contributed by atoms with E-state index in [1.54, 1.807) is 42.5 Å². The summed E-state index contributed by atoms with van der Waals surface area (Å²) in [4.78, 5) is 21.4. The molecule has 8 heteroatoms. The van der Waals surface area contributed by atoms with Crippen molar-refractivity contribution in [2.45, 2.75) is 12.8 Å². The van der Waals surface area contributed by atoms with Crippen molar-refractivity contribution >= 4 is 39.4 Å². The summed E-state index contributed by atoms with van der Waals surface area (Å²) in [6.45, 7) is 7.80. The number of carbonyl (C=O) groups is 2. The Hall–Kier alpha value is -2.77. The van der Waals surface area contributed by atoms with Crippen LogP contribution in [0.2, 0.25) is 5.02 Å². The zero-order valence-electron chi connectivity index (χ0n) is 16.3. The first-order valence-electron chi connectivity index (χ1n) is 8.85. The summed E-state index contributed by atoms with van der Waals surface area (Å²) < 4.78 is 11.4. The minimum Gasteiger partial charge on any atom is -0.489 e. The molecule has 0 aliphatic rings. The number of rotatable bonds is 10. The molecule has 0 aromatic heterocycles. The maximum Gasteiger partial charge on any atom is 0.303 e. The van der Waals surface area contributed by atoms with Gasteiger partial charge in [-0.05, 0) is 42.3 Å². The monoisotopic (exact) mass is 495 g/mol. The number of hydrogen-bond donors (Lipinski definition) is 2. The van der Waals surface area contributed by atoms with Crippen LogP contribution in [0.15, 0.2) is 66.2 Å². The molecule has 0 aliphatic heterocycles. The number of benzene rings is 2. The summed E-state index contributed by atoms with van der Waals surface area (Å²) in [5.74, 6) is -0.269. The molecule has 0 saturated heterocycles. The Morgan fingerprint density at radius 1 is 1.07 bits per heavy atom. The van der Waals surface area contributed by atoms with E-state index in [0.717, 1.165) is 10.0 Å². The van der Waals surface area contributed by atoms with E-state index < -0.39 is 11.9 Å². The van der Waals surface area contributed by atoms with Crippen LogP contribution in [-0.4, -0.2) is 30.2 Å². The summed E-state index contributed by atoms with van der Waals surface area (Å²) in [5, 5.41) is 9.04. The number of ether oxygens (including phenoxy) is 2. The van der Waals surface area contributed by atoms with Crippen molar-refractivity contribution in [3.63, 3.8) is 0 Å². The van der Waals surface area contributed by atoms with E-state index in [2.05, 4.69) is 29.1 Å². The average molecular weight is 497 g/mol. The summed E-state index contributed by atoms with van der Waals surface area (Å²) in [7, 11) is 0. The van der Waals surface area contributed by atoms with Gasteiger partial charge in [0.05, 0.1) is 10.6 Å². The van der Waals surface area contributed by atoms with E-state index in [4.69, 9.17) is 31.9 Å². The third-order valence-electron chi connectivity index (χ3n) is 3.54. The smallest absolute Gasteiger partial charge is 0.303 e. The number of carboxylic acid groups (broad SMARTS) is 1. The Kier molecular flexibility index (Phi) is 11.3. The van der Waals surface area contributed by atoms with Crippen LogP contribution in [0, 0.1) is 0 Å². The quantitative estimate of drug-likeness (QED) is 0.449. The van der Waals surface area contributed by atoms with Gasteiger partial charge in [0.15, 0.2) is 0 Å². The summed E-state index contributed by atoms with van der Waals surface area (Å²) in [6.07, 6.45) is 3.81. The van der Waals surface area contributed by atoms with Gasteiger partial charge in [0, 0.05) is 10.9 Å². The number of carbonyl (C=O) groups excluding carboxylic acids is 1. The Balaban J connectivity index is 0.000000303. The molecule has 0 radical (unpaired) electrons. The van der Waals surface area contributed by atoms with Crippen molar-refractivity contribution in [2.24, 2.45) is 5.73 Å². The number of carboxylic acids is 1. The number of aryl methyl sites for hydroxylation is 1. The van der Waals surface area contributed by atoms with Gasteiger partial charge in [-0.1, -0.05) is 58.9 Å². The number of primary amides is 1. The first-order chi connectivity index (χ1) is 14.3. The van der Waals surface area contributed by atoms with Crippen LogP contribution >= 0.6 is 27.5 Å². The second-order valence-electron chi connectivity index (χ2n) is 5.86. The topological polar surface area (TPSA) is 98.9 Å². The first kappa shape index (κ1) is 25.3. The second-order valence-corrected chi connectivity index (χ2v) is 7.19. The number of amides is 1. The fourth-order valence-electron chi connectivity index (χ4n) is 2.19. The fraction of sp³-hybridized carbons (Fsp3) is 0.182. The SMILES string of the molecule is C=CCOc1ccc(Br)cc1C(N)=O.C=CCOc1ccc(CCC(=O)O)cc1Cl. The van der Waals surface area contributed by atoms with Gasteiger partial charge in [-0.2, -0.15) is 0 Å². The Labute approximate surface area is 189 Å².